The molecule has 1 saturated carbocycles. The molecule has 1 saturated heterocycles. The summed E-state index contributed by atoms with van der Waals surface area (Å²) < 4.78 is 0. The Morgan fingerprint density at radius 3 is 2.40 bits per heavy atom. The number of hydrogen-bond donors (Lipinski definition) is 2. The van der Waals surface area contributed by atoms with Gasteiger partial charge in [0.1, 0.15) is 0 Å². The summed E-state index contributed by atoms with van der Waals surface area (Å²) in [5, 5.41) is 20.8. The van der Waals surface area contributed by atoms with Crippen LogP contribution in [0.3, 0.4) is 0 Å². The van der Waals surface area contributed by atoms with Gasteiger partial charge in [-0.25, -0.2) is 0 Å². The van der Waals surface area contributed by atoms with Gasteiger partial charge >= 0.3 is 0 Å². The minimum absolute atomic E-state index is 0.362. The molecule has 1 aliphatic heterocycles. The highest BCUT2D eigenvalue weighted by molar-refractivity contribution is 4.88. The van der Waals surface area contributed by atoms with Crippen LogP contribution in [0.1, 0.15) is 65.7 Å². The Balaban J connectivity index is 1.76. The maximum absolute atomic E-state index is 10.5. The van der Waals surface area contributed by atoms with Crippen molar-refractivity contribution in [3.63, 3.8) is 0 Å². The van der Waals surface area contributed by atoms with Gasteiger partial charge in [-0.3, -0.25) is 0 Å². The van der Waals surface area contributed by atoms with Gasteiger partial charge in [0, 0.05) is 19.5 Å². The van der Waals surface area contributed by atoms with Crippen LogP contribution in [0, 0.1) is 11.3 Å². The third kappa shape index (κ3) is 4.44. The maximum atomic E-state index is 10.5. The SMILES string of the molecule is CC(C)(C)C1CCN(CC(O)CC2(O)CCCCC2)C1. The highest BCUT2D eigenvalue weighted by atomic mass is 16.3. The molecule has 1 aliphatic carbocycles. The van der Waals surface area contributed by atoms with Crippen LogP contribution in [-0.2, 0) is 0 Å². The molecule has 2 fully saturated rings. The maximum Gasteiger partial charge on any atom is 0.0694 e. The average Bonchev–Trinajstić information content (AvgIpc) is 2.77. The van der Waals surface area contributed by atoms with Crippen LogP contribution in [0.25, 0.3) is 0 Å². The van der Waals surface area contributed by atoms with Gasteiger partial charge in [-0.15, -0.1) is 0 Å². The fraction of sp³-hybridized carbons (Fsp3) is 1.00. The van der Waals surface area contributed by atoms with Crippen LogP contribution in [-0.4, -0.2) is 46.5 Å². The lowest BCUT2D eigenvalue weighted by atomic mass is 9.80. The lowest BCUT2D eigenvalue weighted by Gasteiger charge is -2.35. The first-order valence-electron chi connectivity index (χ1n) is 8.41. The molecule has 20 heavy (non-hydrogen) atoms. The second-order valence-corrected chi connectivity index (χ2v) is 8.25. The number of aliphatic hydroxyl groups is 2. The number of likely N-dealkylation sites (tertiary alicyclic amines) is 1. The van der Waals surface area contributed by atoms with Crippen molar-refractivity contribution < 1.29 is 10.2 Å². The van der Waals surface area contributed by atoms with Crippen LogP contribution in [0.2, 0.25) is 0 Å². The van der Waals surface area contributed by atoms with Gasteiger partial charge in [-0.1, -0.05) is 40.0 Å². The van der Waals surface area contributed by atoms with Crippen molar-refractivity contribution in [2.75, 3.05) is 19.6 Å². The minimum atomic E-state index is -0.596. The Labute approximate surface area is 124 Å². The van der Waals surface area contributed by atoms with Gasteiger partial charge < -0.3 is 15.1 Å². The largest absolute Gasteiger partial charge is 0.392 e. The first kappa shape index (κ1) is 16.3. The van der Waals surface area contributed by atoms with Crippen molar-refractivity contribution in [3.8, 4) is 0 Å². The molecular weight excluding hydrogens is 250 g/mol. The molecule has 3 nitrogen and oxygen atoms in total. The molecule has 118 valence electrons. The summed E-state index contributed by atoms with van der Waals surface area (Å²) in [5.74, 6) is 0.729. The lowest BCUT2D eigenvalue weighted by Crippen LogP contribution is -2.40. The van der Waals surface area contributed by atoms with E-state index in [1.165, 1.54) is 12.8 Å². The first-order chi connectivity index (χ1) is 9.28. The van der Waals surface area contributed by atoms with Crippen LogP contribution >= 0.6 is 0 Å². The molecule has 2 N–H and O–H groups in total. The van der Waals surface area contributed by atoms with Gasteiger partial charge in [-0.2, -0.15) is 0 Å². The van der Waals surface area contributed by atoms with E-state index in [-0.39, 0.29) is 6.10 Å². The van der Waals surface area contributed by atoms with Crippen molar-refractivity contribution in [2.24, 2.45) is 11.3 Å². The summed E-state index contributed by atoms with van der Waals surface area (Å²) >= 11 is 0. The molecule has 2 aliphatic rings. The van der Waals surface area contributed by atoms with Gasteiger partial charge in [0.15, 0.2) is 0 Å². The zero-order valence-electron chi connectivity index (χ0n) is 13.6. The molecule has 0 radical (unpaired) electrons. The molecule has 0 aromatic carbocycles. The molecule has 2 unspecified atom stereocenters. The highest BCUT2D eigenvalue weighted by Gasteiger charge is 2.35. The number of aliphatic hydroxyl groups excluding tert-OH is 1. The number of rotatable bonds is 4. The third-order valence-electron chi connectivity index (χ3n) is 5.37. The van der Waals surface area contributed by atoms with E-state index in [0.29, 0.717) is 11.8 Å². The van der Waals surface area contributed by atoms with Gasteiger partial charge in [0.25, 0.3) is 0 Å². The number of nitrogens with zero attached hydrogens (tertiary/aromatic N) is 1. The topological polar surface area (TPSA) is 43.7 Å². The van der Waals surface area contributed by atoms with E-state index in [1.54, 1.807) is 0 Å². The minimum Gasteiger partial charge on any atom is -0.392 e. The summed E-state index contributed by atoms with van der Waals surface area (Å²) in [7, 11) is 0. The van der Waals surface area contributed by atoms with Crippen molar-refractivity contribution in [1.29, 1.82) is 0 Å². The summed E-state index contributed by atoms with van der Waals surface area (Å²) in [4.78, 5) is 2.38. The summed E-state index contributed by atoms with van der Waals surface area (Å²) in [6.07, 6.45) is 6.61. The van der Waals surface area contributed by atoms with E-state index >= 15 is 0 Å². The van der Waals surface area contributed by atoms with Crippen LogP contribution in [0.15, 0.2) is 0 Å². The van der Waals surface area contributed by atoms with Crippen LogP contribution < -0.4 is 0 Å². The molecule has 0 aromatic heterocycles. The Bertz CT molecular complexity index is 305. The number of hydrogen-bond acceptors (Lipinski definition) is 3. The summed E-state index contributed by atoms with van der Waals surface area (Å²) in [5.41, 5.74) is -0.234. The second kappa shape index (κ2) is 6.33. The predicted octanol–water partition coefficient (Wildman–Crippen LogP) is 2.80. The average molecular weight is 283 g/mol. The van der Waals surface area contributed by atoms with Crippen molar-refractivity contribution in [2.45, 2.75) is 77.4 Å². The molecule has 0 spiro atoms. The molecule has 0 aromatic rings. The van der Waals surface area contributed by atoms with Crippen molar-refractivity contribution >= 4 is 0 Å². The molecule has 0 bridgehead atoms. The third-order valence-corrected chi connectivity index (χ3v) is 5.37. The van der Waals surface area contributed by atoms with Gasteiger partial charge in [-0.05, 0) is 37.1 Å². The normalized spacial score (nSPS) is 29.6. The van der Waals surface area contributed by atoms with E-state index in [1.807, 2.05) is 0 Å². The quantitative estimate of drug-likeness (QED) is 0.834. The predicted molar refractivity (Wildman–Crippen MR) is 82.7 cm³/mol. The Kier molecular flexibility index (Phi) is 5.14. The van der Waals surface area contributed by atoms with Crippen molar-refractivity contribution in [1.82, 2.24) is 4.90 Å². The standard InChI is InChI=1S/C17H33NO2/c1-16(2,3)14-7-10-18(12-14)13-15(19)11-17(20)8-5-4-6-9-17/h14-15,19-20H,4-13H2,1-3H3. The van der Waals surface area contributed by atoms with E-state index in [9.17, 15) is 10.2 Å². The Morgan fingerprint density at radius 2 is 1.85 bits per heavy atom. The zero-order valence-corrected chi connectivity index (χ0v) is 13.6. The van der Waals surface area contributed by atoms with Crippen LogP contribution in [0.4, 0.5) is 0 Å². The van der Waals surface area contributed by atoms with Gasteiger partial charge in [0.2, 0.25) is 0 Å². The number of β-amino-alcohol motifs (C(OH)–C–C–N with tert-alkyl or cyclic N) is 1. The summed E-state index contributed by atoms with van der Waals surface area (Å²) in [6.45, 7) is 9.85. The Morgan fingerprint density at radius 1 is 1.20 bits per heavy atom. The van der Waals surface area contributed by atoms with E-state index in [4.69, 9.17) is 0 Å². The van der Waals surface area contributed by atoms with E-state index in [0.717, 1.165) is 51.2 Å². The highest BCUT2D eigenvalue weighted by Crippen LogP contribution is 2.35. The van der Waals surface area contributed by atoms with E-state index in [2.05, 4.69) is 25.7 Å². The zero-order chi connectivity index (χ0) is 14.8. The fourth-order valence-electron chi connectivity index (χ4n) is 3.92. The lowest BCUT2D eigenvalue weighted by molar-refractivity contribution is -0.0431. The molecule has 2 rings (SSSR count). The van der Waals surface area contributed by atoms with E-state index < -0.39 is 5.60 Å². The monoisotopic (exact) mass is 283 g/mol. The molecule has 1 heterocycles. The van der Waals surface area contributed by atoms with Crippen molar-refractivity contribution in [3.05, 3.63) is 0 Å². The smallest absolute Gasteiger partial charge is 0.0694 e. The molecule has 0 amide bonds. The molecule has 3 heteroatoms. The first-order valence-corrected chi connectivity index (χ1v) is 8.41. The molecule has 2 atom stereocenters. The summed E-state index contributed by atoms with van der Waals surface area (Å²) in [6, 6.07) is 0. The van der Waals surface area contributed by atoms with Crippen LogP contribution in [0.5, 0.6) is 0 Å². The molecular formula is C17H33NO2. The fourth-order valence-corrected chi connectivity index (χ4v) is 3.92. The van der Waals surface area contributed by atoms with Gasteiger partial charge in [0.05, 0.1) is 11.7 Å². The Hall–Kier alpha value is -0.120. The second-order valence-electron chi connectivity index (χ2n) is 8.25.